The summed E-state index contributed by atoms with van der Waals surface area (Å²) in [4.78, 5) is 39.3. The highest BCUT2D eigenvalue weighted by atomic mass is 16.5. The number of carbonyl (C=O) groups excluding carboxylic acids is 2. The number of carbonyl (C=O) groups is 3. The average Bonchev–Trinajstić information content (AvgIpc) is 3.45. The molecule has 184 valence electrons. The lowest BCUT2D eigenvalue weighted by Crippen LogP contribution is -2.58. The molecule has 5 rings (SSSR count). The molecule has 3 aliphatic rings. The van der Waals surface area contributed by atoms with E-state index in [4.69, 9.17) is 4.74 Å². The van der Waals surface area contributed by atoms with E-state index in [1.54, 1.807) is 11.8 Å². The van der Waals surface area contributed by atoms with Gasteiger partial charge in [0.25, 0.3) is 0 Å². The standard InChI is InChI=1S/C28H32N2O5/c1-28(26(32)33)14-6-7-15-30(28)25(31)18-12-13-19(16-18)29-27(34)35-17-24-22-10-4-2-8-20(22)21-9-3-5-11-23(21)24/h2-5,8-11,18-19,24H,6-7,12-17H2,1H3,(H,29,34)(H,32,33)/t18-,19+,28?/m0/s1. The lowest BCUT2D eigenvalue weighted by atomic mass is 9.87. The first-order chi connectivity index (χ1) is 16.9. The number of alkyl carbamates (subject to hydrolysis) is 1. The van der Waals surface area contributed by atoms with Gasteiger partial charge in [0.15, 0.2) is 0 Å². The molecule has 2 N–H and O–H groups in total. The van der Waals surface area contributed by atoms with E-state index >= 15 is 0 Å². The van der Waals surface area contributed by atoms with Crippen LogP contribution in [0.5, 0.6) is 0 Å². The molecule has 3 atom stereocenters. The summed E-state index contributed by atoms with van der Waals surface area (Å²) in [7, 11) is 0. The number of hydrogen-bond donors (Lipinski definition) is 2. The van der Waals surface area contributed by atoms with Crippen molar-refractivity contribution in [3.05, 3.63) is 59.7 Å². The molecule has 0 radical (unpaired) electrons. The van der Waals surface area contributed by atoms with Crippen LogP contribution in [0.15, 0.2) is 48.5 Å². The van der Waals surface area contributed by atoms with Gasteiger partial charge in [0.05, 0.1) is 0 Å². The molecule has 2 fully saturated rings. The van der Waals surface area contributed by atoms with E-state index in [9.17, 15) is 19.5 Å². The highest BCUT2D eigenvalue weighted by Crippen LogP contribution is 2.44. The largest absolute Gasteiger partial charge is 0.480 e. The van der Waals surface area contributed by atoms with Gasteiger partial charge in [0.1, 0.15) is 12.1 Å². The van der Waals surface area contributed by atoms with Crippen molar-refractivity contribution in [2.75, 3.05) is 13.2 Å². The van der Waals surface area contributed by atoms with Crippen LogP contribution in [-0.2, 0) is 14.3 Å². The van der Waals surface area contributed by atoms with Crippen molar-refractivity contribution in [2.45, 2.75) is 62.9 Å². The number of aliphatic carboxylic acids is 1. The smallest absolute Gasteiger partial charge is 0.407 e. The Kier molecular flexibility index (Phi) is 6.26. The third-order valence-electron chi connectivity index (χ3n) is 8.07. The Bertz CT molecular complexity index is 1100. The molecule has 1 aliphatic heterocycles. The number of carboxylic acid groups (broad SMARTS) is 1. The van der Waals surface area contributed by atoms with Crippen molar-refractivity contribution in [3.63, 3.8) is 0 Å². The highest BCUT2D eigenvalue weighted by Gasteiger charge is 2.46. The molecule has 1 saturated carbocycles. The average molecular weight is 477 g/mol. The molecule has 1 heterocycles. The van der Waals surface area contributed by atoms with E-state index in [0.29, 0.717) is 32.2 Å². The second-order valence-corrected chi connectivity index (χ2v) is 10.2. The van der Waals surface area contributed by atoms with Gasteiger partial charge in [-0.05, 0) is 67.7 Å². The fraction of sp³-hybridized carbons (Fsp3) is 0.464. The SMILES string of the molecule is CC1(C(=O)O)CCCCN1C(=O)[C@H]1CC[C@@H](NC(=O)OCC2c3ccccc3-c3ccccc32)C1. The summed E-state index contributed by atoms with van der Waals surface area (Å²) in [6, 6.07) is 16.3. The van der Waals surface area contributed by atoms with Crippen LogP contribution in [-0.4, -0.2) is 52.7 Å². The number of benzene rings is 2. The summed E-state index contributed by atoms with van der Waals surface area (Å²) < 4.78 is 5.66. The van der Waals surface area contributed by atoms with Crippen molar-refractivity contribution in [1.29, 1.82) is 0 Å². The number of hydrogen-bond acceptors (Lipinski definition) is 4. The van der Waals surface area contributed by atoms with Crippen LogP contribution in [0.4, 0.5) is 4.79 Å². The van der Waals surface area contributed by atoms with Crippen molar-refractivity contribution in [2.24, 2.45) is 5.92 Å². The lowest BCUT2D eigenvalue weighted by molar-refractivity contribution is -0.162. The zero-order chi connectivity index (χ0) is 24.6. The number of rotatable bonds is 5. The Morgan fingerprint density at radius 2 is 1.69 bits per heavy atom. The van der Waals surface area contributed by atoms with Crippen LogP contribution < -0.4 is 5.32 Å². The third-order valence-corrected chi connectivity index (χ3v) is 8.07. The number of nitrogens with zero attached hydrogens (tertiary/aromatic N) is 1. The summed E-state index contributed by atoms with van der Waals surface area (Å²) in [5, 5.41) is 12.7. The van der Waals surface area contributed by atoms with E-state index in [2.05, 4.69) is 29.6 Å². The summed E-state index contributed by atoms with van der Waals surface area (Å²) in [5.74, 6) is -1.33. The molecular weight excluding hydrogens is 444 g/mol. The Labute approximate surface area is 205 Å². The third kappa shape index (κ3) is 4.28. The van der Waals surface area contributed by atoms with Gasteiger partial charge >= 0.3 is 12.1 Å². The van der Waals surface area contributed by atoms with Crippen LogP contribution in [0, 0.1) is 5.92 Å². The molecule has 2 aromatic carbocycles. The number of nitrogens with one attached hydrogen (secondary N) is 1. The van der Waals surface area contributed by atoms with Gasteiger partial charge in [0.2, 0.25) is 5.91 Å². The van der Waals surface area contributed by atoms with Gasteiger partial charge in [-0.15, -0.1) is 0 Å². The fourth-order valence-electron chi connectivity index (χ4n) is 6.06. The molecule has 1 unspecified atom stereocenters. The van der Waals surface area contributed by atoms with Gasteiger partial charge in [0, 0.05) is 24.4 Å². The number of fused-ring (bicyclic) bond motifs is 3. The maximum Gasteiger partial charge on any atom is 0.407 e. The van der Waals surface area contributed by atoms with Crippen molar-refractivity contribution in [1.82, 2.24) is 10.2 Å². The Hall–Kier alpha value is -3.35. The number of piperidine rings is 1. The fourth-order valence-corrected chi connectivity index (χ4v) is 6.06. The molecule has 0 spiro atoms. The van der Waals surface area contributed by atoms with Gasteiger partial charge < -0.3 is 20.1 Å². The zero-order valence-corrected chi connectivity index (χ0v) is 20.0. The van der Waals surface area contributed by atoms with Crippen LogP contribution in [0.1, 0.15) is 62.5 Å². The topological polar surface area (TPSA) is 95.9 Å². The number of carboxylic acids is 1. The molecule has 0 aromatic heterocycles. The minimum Gasteiger partial charge on any atom is -0.480 e. The normalized spacial score (nSPS) is 25.6. The van der Waals surface area contributed by atoms with Gasteiger partial charge in [-0.25, -0.2) is 9.59 Å². The summed E-state index contributed by atoms with van der Waals surface area (Å²) in [5.41, 5.74) is 3.54. The summed E-state index contributed by atoms with van der Waals surface area (Å²) in [6.45, 7) is 2.37. The molecule has 35 heavy (non-hydrogen) atoms. The van der Waals surface area contributed by atoms with E-state index in [0.717, 1.165) is 24.0 Å². The van der Waals surface area contributed by atoms with Crippen LogP contribution in [0.25, 0.3) is 11.1 Å². The predicted octanol–water partition coefficient (Wildman–Crippen LogP) is 4.55. The van der Waals surface area contributed by atoms with Crippen molar-refractivity contribution >= 4 is 18.0 Å². The number of ether oxygens (including phenoxy) is 1. The zero-order valence-electron chi connectivity index (χ0n) is 20.0. The molecule has 1 saturated heterocycles. The molecule has 2 amide bonds. The molecule has 7 heteroatoms. The first-order valence-corrected chi connectivity index (χ1v) is 12.5. The monoisotopic (exact) mass is 476 g/mol. The Morgan fingerprint density at radius 1 is 1.03 bits per heavy atom. The predicted molar refractivity (Wildman–Crippen MR) is 131 cm³/mol. The van der Waals surface area contributed by atoms with Gasteiger partial charge in [-0.2, -0.15) is 0 Å². The minimum atomic E-state index is -1.15. The van der Waals surface area contributed by atoms with Crippen LogP contribution in [0.2, 0.25) is 0 Å². The van der Waals surface area contributed by atoms with Crippen LogP contribution >= 0.6 is 0 Å². The maximum absolute atomic E-state index is 13.2. The van der Waals surface area contributed by atoms with Gasteiger partial charge in [-0.3, -0.25) is 4.79 Å². The second kappa shape index (κ2) is 9.36. The molecular formula is C28H32N2O5. The van der Waals surface area contributed by atoms with E-state index in [1.165, 1.54) is 11.1 Å². The van der Waals surface area contributed by atoms with Crippen molar-refractivity contribution < 1.29 is 24.2 Å². The minimum absolute atomic E-state index is 0.00106. The van der Waals surface area contributed by atoms with E-state index in [1.807, 2.05) is 24.3 Å². The molecule has 2 aromatic rings. The summed E-state index contributed by atoms with van der Waals surface area (Å²) in [6.07, 6.45) is 3.46. The quantitative estimate of drug-likeness (QED) is 0.660. The van der Waals surface area contributed by atoms with Crippen molar-refractivity contribution in [3.8, 4) is 11.1 Å². The first kappa shape index (κ1) is 23.4. The Balaban J connectivity index is 1.17. The highest BCUT2D eigenvalue weighted by molar-refractivity contribution is 5.88. The Morgan fingerprint density at radius 3 is 2.34 bits per heavy atom. The summed E-state index contributed by atoms with van der Waals surface area (Å²) >= 11 is 0. The number of amides is 2. The number of likely N-dealkylation sites (tertiary alicyclic amines) is 1. The molecule has 0 bridgehead atoms. The first-order valence-electron chi connectivity index (χ1n) is 12.5. The van der Waals surface area contributed by atoms with Crippen LogP contribution in [0.3, 0.4) is 0 Å². The lowest BCUT2D eigenvalue weighted by Gasteiger charge is -2.42. The molecule has 2 aliphatic carbocycles. The second-order valence-electron chi connectivity index (χ2n) is 10.2. The molecule has 7 nitrogen and oxygen atoms in total. The van der Waals surface area contributed by atoms with E-state index < -0.39 is 17.6 Å². The van der Waals surface area contributed by atoms with Gasteiger partial charge in [-0.1, -0.05) is 48.5 Å². The van der Waals surface area contributed by atoms with E-state index in [-0.39, 0.29) is 30.4 Å². The maximum atomic E-state index is 13.2.